The lowest BCUT2D eigenvalue weighted by atomic mass is 10.1. The van der Waals surface area contributed by atoms with Gasteiger partial charge >= 0.3 is 0 Å². The molecule has 1 atom stereocenters. The SMILES string of the molecule is CS(=O)(=O)N1CCCC(NC(=O)c2cc3ccccc3[nH]2)C1. The number of sulfonamides is 1. The standard InChI is InChI=1S/C15H19N3O3S/c1-22(20,21)18-8-4-6-12(10-18)16-15(19)14-9-11-5-2-3-7-13(11)17-14/h2-3,5,7,9,12,17H,4,6,8,10H2,1H3,(H,16,19). The second kappa shape index (κ2) is 5.73. The van der Waals surface area contributed by atoms with Crippen molar-refractivity contribution < 1.29 is 13.2 Å². The maximum atomic E-state index is 12.3. The Morgan fingerprint density at radius 3 is 2.86 bits per heavy atom. The molecule has 118 valence electrons. The first kappa shape index (κ1) is 15.1. The molecule has 2 N–H and O–H groups in total. The number of para-hydroxylation sites is 1. The lowest BCUT2D eigenvalue weighted by Gasteiger charge is -2.31. The van der Waals surface area contributed by atoms with Crippen molar-refractivity contribution in [3.05, 3.63) is 36.0 Å². The summed E-state index contributed by atoms with van der Waals surface area (Å²) in [5, 5.41) is 3.90. The summed E-state index contributed by atoms with van der Waals surface area (Å²) in [6, 6.07) is 9.34. The fourth-order valence-electron chi connectivity index (χ4n) is 2.82. The van der Waals surface area contributed by atoms with Gasteiger partial charge in [-0.1, -0.05) is 18.2 Å². The Morgan fingerprint density at radius 1 is 1.36 bits per heavy atom. The van der Waals surface area contributed by atoms with Crippen LogP contribution in [0, 0.1) is 0 Å². The third-order valence-corrected chi connectivity index (χ3v) is 5.23. The fraction of sp³-hybridized carbons (Fsp3) is 0.400. The first-order valence-electron chi connectivity index (χ1n) is 7.27. The van der Waals surface area contributed by atoms with Crippen LogP contribution in [0.25, 0.3) is 10.9 Å². The summed E-state index contributed by atoms with van der Waals surface area (Å²) in [6.45, 7) is 0.863. The van der Waals surface area contributed by atoms with Crippen LogP contribution in [0.2, 0.25) is 0 Å². The number of aromatic amines is 1. The molecule has 1 aliphatic rings. The van der Waals surface area contributed by atoms with E-state index in [-0.39, 0.29) is 11.9 Å². The molecule has 0 saturated carbocycles. The summed E-state index contributed by atoms with van der Waals surface area (Å²) in [5.41, 5.74) is 1.41. The Balaban J connectivity index is 1.71. The predicted molar refractivity (Wildman–Crippen MR) is 85.2 cm³/mol. The van der Waals surface area contributed by atoms with Crippen molar-refractivity contribution in [2.45, 2.75) is 18.9 Å². The summed E-state index contributed by atoms with van der Waals surface area (Å²) in [4.78, 5) is 15.4. The molecule has 1 aromatic carbocycles. The zero-order valence-electron chi connectivity index (χ0n) is 12.4. The summed E-state index contributed by atoms with van der Waals surface area (Å²) < 4.78 is 24.6. The molecule has 0 spiro atoms. The highest BCUT2D eigenvalue weighted by molar-refractivity contribution is 7.88. The van der Waals surface area contributed by atoms with Gasteiger partial charge in [-0.05, 0) is 25.0 Å². The normalized spacial score (nSPS) is 20.1. The number of H-pyrrole nitrogens is 1. The topological polar surface area (TPSA) is 82.3 Å². The van der Waals surface area contributed by atoms with Gasteiger partial charge in [-0.2, -0.15) is 0 Å². The Kier molecular flexibility index (Phi) is 3.92. The van der Waals surface area contributed by atoms with E-state index >= 15 is 0 Å². The number of nitrogens with zero attached hydrogens (tertiary/aromatic N) is 1. The molecule has 6 nitrogen and oxygen atoms in total. The van der Waals surface area contributed by atoms with Gasteiger partial charge < -0.3 is 10.3 Å². The van der Waals surface area contributed by atoms with Crippen LogP contribution < -0.4 is 5.32 Å². The zero-order chi connectivity index (χ0) is 15.7. The van der Waals surface area contributed by atoms with Crippen molar-refractivity contribution in [2.75, 3.05) is 19.3 Å². The molecule has 0 radical (unpaired) electrons. The highest BCUT2D eigenvalue weighted by Gasteiger charge is 2.27. The summed E-state index contributed by atoms with van der Waals surface area (Å²) >= 11 is 0. The number of carbonyl (C=O) groups excluding carboxylic acids is 1. The first-order chi connectivity index (χ1) is 10.4. The van der Waals surface area contributed by atoms with Gasteiger partial charge in [-0.25, -0.2) is 12.7 Å². The van der Waals surface area contributed by atoms with E-state index in [0.29, 0.717) is 18.8 Å². The van der Waals surface area contributed by atoms with E-state index in [4.69, 9.17) is 0 Å². The van der Waals surface area contributed by atoms with Gasteiger partial charge in [0.2, 0.25) is 10.0 Å². The molecule has 3 rings (SSSR count). The smallest absolute Gasteiger partial charge is 0.267 e. The first-order valence-corrected chi connectivity index (χ1v) is 9.12. The molecule has 7 heteroatoms. The minimum absolute atomic E-state index is 0.151. The number of rotatable bonds is 3. The van der Waals surface area contributed by atoms with E-state index < -0.39 is 10.0 Å². The van der Waals surface area contributed by atoms with Crippen LogP contribution >= 0.6 is 0 Å². The third kappa shape index (κ3) is 3.15. The third-order valence-electron chi connectivity index (χ3n) is 3.96. The maximum absolute atomic E-state index is 12.3. The Morgan fingerprint density at radius 2 is 2.14 bits per heavy atom. The minimum Gasteiger partial charge on any atom is -0.351 e. The number of hydrogen-bond donors (Lipinski definition) is 2. The van der Waals surface area contributed by atoms with E-state index in [0.717, 1.165) is 23.7 Å². The number of amides is 1. The van der Waals surface area contributed by atoms with Crippen molar-refractivity contribution >= 4 is 26.8 Å². The Hall–Kier alpha value is -1.86. The summed E-state index contributed by atoms with van der Waals surface area (Å²) in [6.07, 6.45) is 2.75. The van der Waals surface area contributed by atoms with Crippen molar-refractivity contribution in [1.82, 2.24) is 14.6 Å². The number of piperidine rings is 1. The van der Waals surface area contributed by atoms with Crippen molar-refractivity contribution in [1.29, 1.82) is 0 Å². The number of aromatic nitrogens is 1. The molecular formula is C15H19N3O3S. The largest absolute Gasteiger partial charge is 0.351 e. The van der Waals surface area contributed by atoms with Crippen LogP contribution in [0.4, 0.5) is 0 Å². The van der Waals surface area contributed by atoms with Crippen LogP contribution in [-0.4, -0.2) is 49.0 Å². The molecular weight excluding hydrogens is 302 g/mol. The molecule has 1 aliphatic heterocycles. The van der Waals surface area contributed by atoms with Crippen LogP contribution in [-0.2, 0) is 10.0 Å². The quantitative estimate of drug-likeness (QED) is 0.894. The maximum Gasteiger partial charge on any atom is 0.267 e. The monoisotopic (exact) mass is 321 g/mol. The minimum atomic E-state index is -3.21. The molecule has 1 fully saturated rings. The number of hydrogen-bond acceptors (Lipinski definition) is 3. The summed E-state index contributed by atoms with van der Waals surface area (Å²) in [5.74, 6) is -0.198. The van der Waals surface area contributed by atoms with E-state index in [1.54, 1.807) is 0 Å². The highest BCUT2D eigenvalue weighted by atomic mass is 32.2. The Labute approximate surface area is 129 Å². The van der Waals surface area contributed by atoms with Gasteiger partial charge in [0.15, 0.2) is 0 Å². The van der Waals surface area contributed by atoms with Gasteiger partial charge in [-0.3, -0.25) is 4.79 Å². The lowest BCUT2D eigenvalue weighted by Crippen LogP contribution is -2.49. The molecule has 2 heterocycles. The van der Waals surface area contributed by atoms with Crippen LogP contribution in [0.15, 0.2) is 30.3 Å². The summed E-state index contributed by atoms with van der Waals surface area (Å²) in [7, 11) is -3.21. The van der Waals surface area contributed by atoms with Gasteiger partial charge in [0.05, 0.1) is 6.26 Å². The average Bonchev–Trinajstić information content (AvgIpc) is 2.90. The van der Waals surface area contributed by atoms with E-state index in [2.05, 4.69) is 10.3 Å². The molecule has 22 heavy (non-hydrogen) atoms. The highest BCUT2D eigenvalue weighted by Crippen LogP contribution is 2.16. The number of fused-ring (bicyclic) bond motifs is 1. The van der Waals surface area contributed by atoms with Gasteiger partial charge in [0.1, 0.15) is 5.69 Å². The predicted octanol–water partition coefficient (Wildman–Crippen LogP) is 1.32. The molecule has 2 aromatic rings. The van der Waals surface area contributed by atoms with Crippen LogP contribution in [0.3, 0.4) is 0 Å². The van der Waals surface area contributed by atoms with Gasteiger partial charge in [-0.15, -0.1) is 0 Å². The average molecular weight is 321 g/mol. The molecule has 0 bridgehead atoms. The molecule has 0 aliphatic carbocycles. The van der Waals surface area contributed by atoms with Crippen molar-refractivity contribution in [3.63, 3.8) is 0 Å². The second-order valence-corrected chi connectivity index (χ2v) is 7.69. The van der Waals surface area contributed by atoms with E-state index in [9.17, 15) is 13.2 Å². The molecule has 1 aromatic heterocycles. The number of nitrogens with one attached hydrogen (secondary N) is 2. The molecule has 1 saturated heterocycles. The lowest BCUT2D eigenvalue weighted by molar-refractivity contribution is 0.0917. The molecule has 1 amide bonds. The molecule has 1 unspecified atom stereocenters. The van der Waals surface area contributed by atoms with Gasteiger partial charge in [0, 0.05) is 30.0 Å². The van der Waals surface area contributed by atoms with Crippen molar-refractivity contribution in [2.24, 2.45) is 0 Å². The number of benzene rings is 1. The van der Waals surface area contributed by atoms with E-state index in [1.807, 2.05) is 30.3 Å². The van der Waals surface area contributed by atoms with Crippen LogP contribution in [0.1, 0.15) is 23.3 Å². The second-order valence-electron chi connectivity index (χ2n) is 5.70. The fourth-order valence-corrected chi connectivity index (χ4v) is 3.73. The number of carbonyl (C=O) groups is 1. The van der Waals surface area contributed by atoms with Crippen molar-refractivity contribution in [3.8, 4) is 0 Å². The van der Waals surface area contributed by atoms with Gasteiger partial charge in [0.25, 0.3) is 5.91 Å². The van der Waals surface area contributed by atoms with E-state index in [1.165, 1.54) is 10.6 Å². The Bertz CT molecular complexity index is 764. The van der Waals surface area contributed by atoms with Crippen LogP contribution in [0.5, 0.6) is 0 Å². The zero-order valence-corrected chi connectivity index (χ0v) is 13.2.